The number of rotatable bonds is 8. The van der Waals surface area contributed by atoms with Gasteiger partial charge in [-0.25, -0.2) is 26.7 Å². The molecule has 24 heavy (non-hydrogen) atoms. The Hall–Kier alpha value is -1.48. The van der Waals surface area contributed by atoms with E-state index in [1.807, 2.05) is 13.8 Å². The summed E-state index contributed by atoms with van der Waals surface area (Å²) < 4.78 is 76.2. The van der Waals surface area contributed by atoms with E-state index in [0.29, 0.717) is 12.5 Å². The van der Waals surface area contributed by atoms with Gasteiger partial charge in [-0.15, -0.1) is 0 Å². The van der Waals surface area contributed by atoms with Crippen LogP contribution in [0.1, 0.15) is 30.6 Å². The number of esters is 1. The molecule has 0 fully saturated rings. The normalized spacial score (nSPS) is 11.7. The summed E-state index contributed by atoms with van der Waals surface area (Å²) in [7, 11) is -0.314. The van der Waals surface area contributed by atoms with Crippen LogP contribution in [0.25, 0.3) is 0 Å². The number of carbonyl (C=O) groups excluding carboxylic acids is 1. The van der Waals surface area contributed by atoms with Gasteiger partial charge in [-0.3, -0.25) is 0 Å². The minimum absolute atomic E-state index is 0.198. The second kappa shape index (κ2) is 8.57. The van der Waals surface area contributed by atoms with Crippen LogP contribution in [0.5, 0.6) is 0 Å². The van der Waals surface area contributed by atoms with Gasteiger partial charge in [0.1, 0.15) is 5.56 Å². The largest absolute Gasteiger partial charge is 0.462 e. The lowest BCUT2D eigenvalue weighted by molar-refractivity contribution is 0.0489. The summed E-state index contributed by atoms with van der Waals surface area (Å²) in [5, 5.41) is 0. The van der Waals surface area contributed by atoms with Crippen molar-refractivity contribution < 1.29 is 35.9 Å². The molecule has 0 bridgehead atoms. The standard InChI is InChI=1S/C15H19F5O3Si/c1-4-24(5-2,22-3)8-6-7-23-15(21)9-10(16)12(18)14(20)13(19)11(9)17/h4-8H2,1-3H3. The smallest absolute Gasteiger partial charge is 0.344 e. The molecule has 1 aromatic carbocycles. The van der Waals surface area contributed by atoms with E-state index in [9.17, 15) is 26.7 Å². The molecule has 0 atom stereocenters. The molecule has 0 aliphatic heterocycles. The molecule has 0 heterocycles. The second-order valence-electron chi connectivity index (χ2n) is 5.28. The lowest BCUT2D eigenvalue weighted by Gasteiger charge is -2.27. The van der Waals surface area contributed by atoms with Crippen molar-refractivity contribution in [2.24, 2.45) is 0 Å². The molecule has 0 saturated carbocycles. The van der Waals surface area contributed by atoms with Gasteiger partial charge in [0, 0.05) is 7.11 Å². The van der Waals surface area contributed by atoms with Crippen LogP contribution in [0, 0.1) is 29.1 Å². The van der Waals surface area contributed by atoms with E-state index in [1.54, 1.807) is 7.11 Å². The molecular formula is C15H19F5O3Si. The molecule has 136 valence electrons. The van der Waals surface area contributed by atoms with E-state index in [-0.39, 0.29) is 6.61 Å². The maximum Gasteiger partial charge on any atom is 0.344 e. The van der Waals surface area contributed by atoms with Crippen molar-refractivity contribution in [2.75, 3.05) is 13.7 Å². The number of halogens is 5. The average Bonchev–Trinajstić information content (AvgIpc) is 2.59. The summed E-state index contributed by atoms with van der Waals surface area (Å²) in [6.07, 6.45) is 0.378. The highest BCUT2D eigenvalue weighted by Gasteiger charge is 2.31. The fourth-order valence-corrected chi connectivity index (χ4v) is 5.19. The predicted molar refractivity (Wildman–Crippen MR) is 79.7 cm³/mol. The molecule has 0 amide bonds. The highest BCUT2D eigenvalue weighted by Crippen LogP contribution is 2.25. The van der Waals surface area contributed by atoms with Crippen molar-refractivity contribution in [3.05, 3.63) is 34.6 Å². The molecular weight excluding hydrogens is 351 g/mol. The molecule has 0 aliphatic rings. The van der Waals surface area contributed by atoms with Crippen LogP contribution in [0.2, 0.25) is 18.1 Å². The molecule has 0 aromatic heterocycles. The monoisotopic (exact) mass is 370 g/mol. The Morgan fingerprint density at radius 2 is 1.38 bits per heavy atom. The summed E-state index contributed by atoms with van der Waals surface area (Å²) in [6, 6.07) is 2.36. The molecule has 0 N–H and O–H groups in total. The number of hydrogen-bond donors (Lipinski definition) is 0. The molecule has 0 spiro atoms. The molecule has 1 aromatic rings. The summed E-state index contributed by atoms with van der Waals surface area (Å²) in [5.74, 6) is -12.6. The van der Waals surface area contributed by atoms with Crippen molar-refractivity contribution in [1.82, 2.24) is 0 Å². The van der Waals surface area contributed by atoms with Crippen LogP contribution in [0.15, 0.2) is 0 Å². The third kappa shape index (κ3) is 4.13. The third-order valence-corrected chi connectivity index (χ3v) is 8.85. The van der Waals surface area contributed by atoms with Gasteiger partial charge < -0.3 is 9.16 Å². The minimum Gasteiger partial charge on any atom is -0.462 e. The lowest BCUT2D eigenvalue weighted by Crippen LogP contribution is -2.35. The lowest BCUT2D eigenvalue weighted by atomic mass is 10.1. The Kier molecular flexibility index (Phi) is 7.34. The van der Waals surface area contributed by atoms with Gasteiger partial charge in [-0.2, -0.15) is 0 Å². The Labute approximate surface area is 137 Å². The molecule has 1 rings (SSSR count). The van der Waals surface area contributed by atoms with Crippen LogP contribution in [-0.2, 0) is 9.16 Å². The number of benzene rings is 1. The zero-order valence-corrected chi connectivity index (χ0v) is 14.7. The van der Waals surface area contributed by atoms with E-state index in [0.717, 1.165) is 12.1 Å². The first-order valence-electron chi connectivity index (χ1n) is 7.48. The summed E-state index contributed by atoms with van der Waals surface area (Å²) in [5.41, 5.74) is -1.58. The predicted octanol–water partition coefficient (Wildman–Crippen LogP) is 4.56. The van der Waals surface area contributed by atoms with Crippen LogP contribution in [-0.4, -0.2) is 28.0 Å². The fourth-order valence-electron chi connectivity index (χ4n) is 2.41. The number of carbonyl (C=O) groups is 1. The van der Waals surface area contributed by atoms with Gasteiger partial charge in [0.25, 0.3) is 0 Å². The molecule has 0 saturated heterocycles. The second-order valence-corrected chi connectivity index (χ2v) is 9.97. The maximum absolute atomic E-state index is 13.5. The van der Waals surface area contributed by atoms with Crippen LogP contribution in [0.4, 0.5) is 22.0 Å². The van der Waals surface area contributed by atoms with Gasteiger partial charge in [0.05, 0.1) is 6.61 Å². The van der Waals surface area contributed by atoms with Crippen molar-refractivity contribution in [3.63, 3.8) is 0 Å². The first-order valence-corrected chi connectivity index (χ1v) is 10.0. The highest BCUT2D eigenvalue weighted by molar-refractivity contribution is 6.73. The van der Waals surface area contributed by atoms with Crippen LogP contribution in [0.3, 0.4) is 0 Å². The van der Waals surface area contributed by atoms with Crippen molar-refractivity contribution in [3.8, 4) is 0 Å². The molecule has 0 radical (unpaired) electrons. The number of hydrogen-bond acceptors (Lipinski definition) is 3. The van der Waals surface area contributed by atoms with Gasteiger partial charge in [-0.05, 0) is 24.6 Å². The summed E-state index contributed by atoms with van der Waals surface area (Å²) in [4.78, 5) is 11.7. The van der Waals surface area contributed by atoms with E-state index < -0.39 is 48.9 Å². The highest BCUT2D eigenvalue weighted by atomic mass is 28.4. The maximum atomic E-state index is 13.5. The zero-order valence-electron chi connectivity index (χ0n) is 13.7. The van der Waals surface area contributed by atoms with Gasteiger partial charge in [-0.1, -0.05) is 13.8 Å². The topological polar surface area (TPSA) is 35.5 Å². The first kappa shape index (κ1) is 20.6. The van der Waals surface area contributed by atoms with E-state index >= 15 is 0 Å². The number of ether oxygens (including phenoxy) is 1. The van der Waals surface area contributed by atoms with Crippen LogP contribution >= 0.6 is 0 Å². The van der Waals surface area contributed by atoms with E-state index in [4.69, 9.17) is 4.43 Å². The van der Waals surface area contributed by atoms with Crippen molar-refractivity contribution >= 4 is 14.3 Å². The average molecular weight is 370 g/mol. The van der Waals surface area contributed by atoms with Gasteiger partial charge in [0.2, 0.25) is 5.82 Å². The Bertz CT molecular complexity index is 568. The Balaban J connectivity index is 2.77. The Morgan fingerprint density at radius 3 is 1.79 bits per heavy atom. The molecule has 9 heteroatoms. The quantitative estimate of drug-likeness (QED) is 0.168. The molecule has 0 unspecified atom stereocenters. The minimum atomic E-state index is -2.32. The summed E-state index contributed by atoms with van der Waals surface area (Å²) >= 11 is 0. The zero-order chi connectivity index (χ0) is 18.5. The summed E-state index contributed by atoms with van der Waals surface area (Å²) in [6.45, 7) is 3.77. The van der Waals surface area contributed by atoms with Crippen molar-refractivity contribution in [2.45, 2.75) is 38.4 Å². The fraction of sp³-hybridized carbons (Fsp3) is 0.533. The SMILES string of the molecule is CC[Si](CC)(CCCOC(=O)c1c(F)c(F)c(F)c(F)c1F)OC. The third-order valence-electron chi connectivity index (χ3n) is 4.15. The Morgan fingerprint density at radius 1 is 0.917 bits per heavy atom. The van der Waals surface area contributed by atoms with Gasteiger partial charge >= 0.3 is 5.97 Å². The van der Waals surface area contributed by atoms with E-state index in [2.05, 4.69) is 4.74 Å². The van der Waals surface area contributed by atoms with E-state index in [1.165, 1.54) is 0 Å². The first-order chi connectivity index (χ1) is 11.2. The molecule has 3 nitrogen and oxygen atoms in total. The van der Waals surface area contributed by atoms with Crippen molar-refractivity contribution in [1.29, 1.82) is 0 Å². The molecule has 0 aliphatic carbocycles. The van der Waals surface area contributed by atoms with Gasteiger partial charge in [0.15, 0.2) is 31.6 Å². The van der Waals surface area contributed by atoms with Crippen LogP contribution < -0.4 is 0 Å².